The molecular weight excluding hydrogens is 371 g/mol. The molecule has 6 heteroatoms. The lowest BCUT2D eigenvalue weighted by molar-refractivity contribution is -0.133. The molecule has 3 aromatic rings. The standard InChI is InChI=1S/C23H23FN2O3/c1-14-20-7-6-19(29-2)12-15(20)9-10-26(14)22(27)8-4-17-11-16-3-5-18(24)13-21(16)25-23(17)28/h3,5-7,11-14H,4,8-10H2,1-2H3,(H,25,28). The topological polar surface area (TPSA) is 62.4 Å². The zero-order chi connectivity index (χ0) is 20.5. The zero-order valence-electron chi connectivity index (χ0n) is 16.5. The Kier molecular flexibility index (Phi) is 5.09. The van der Waals surface area contributed by atoms with E-state index in [1.807, 2.05) is 30.0 Å². The van der Waals surface area contributed by atoms with Crippen LogP contribution in [0.25, 0.3) is 10.9 Å². The molecule has 4 rings (SSSR count). The number of halogens is 1. The molecule has 0 bridgehead atoms. The first kappa shape index (κ1) is 19.2. The highest BCUT2D eigenvalue weighted by molar-refractivity contribution is 5.80. The lowest BCUT2D eigenvalue weighted by atomic mass is 9.93. The van der Waals surface area contributed by atoms with Crippen molar-refractivity contribution in [3.05, 3.63) is 75.3 Å². The number of methoxy groups -OCH3 is 1. The summed E-state index contributed by atoms with van der Waals surface area (Å²) in [5.74, 6) is 0.455. The Balaban J connectivity index is 1.48. The number of aryl methyl sites for hydroxylation is 1. The van der Waals surface area contributed by atoms with E-state index in [2.05, 4.69) is 4.98 Å². The van der Waals surface area contributed by atoms with E-state index in [9.17, 15) is 14.0 Å². The van der Waals surface area contributed by atoms with Crippen LogP contribution in [-0.2, 0) is 17.6 Å². The van der Waals surface area contributed by atoms with E-state index >= 15 is 0 Å². The fraction of sp³-hybridized carbons (Fsp3) is 0.304. The van der Waals surface area contributed by atoms with Gasteiger partial charge in [-0.15, -0.1) is 0 Å². The molecule has 0 fully saturated rings. The number of fused-ring (bicyclic) bond motifs is 2. The monoisotopic (exact) mass is 394 g/mol. The third-order valence-corrected chi connectivity index (χ3v) is 5.70. The van der Waals surface area contributed by atoms with Gasteiger partial charge in [0.1, 0.15) is 11.6 Å². The molecule has 0 radical (unpaired) electrons. The van der Waals surface area contributed by atoms with Crippen LogP contribution in [0.1, 0.15) is 36.1 Å². The molecule has 5 nitrogen and oxygen atoms in total. The van der Waals surface area contributed by atoms with E-state index < -0.39 is 5.82 Å². The van der Waals surface area contributed by atoms with Gasteiger partial charge in [-0.25, -0.2) is 4.39 Å². The van der Waals surface area contributed by atoms with Crippen LogP contribution in [-0.4, -0.2) is 29.4 Å². The number of carbonyl (C=O) groups is 1. The number of pyridine rings is 1. The fourth-order valence-electron chi connectivity index (χ4n) is 4.07. The molecule has 29 heavy (non-hydrogen) atoms. The molecule has 0 saturated carbocycles. The van der Waals surface area contributed by atoms with Crippen molar-refractivity contribution in [1.82, 2.24) is 9.88 Å². The highest BCUT2D eigenvalue weighted by Crippen LogP contribution is 2.32. The third-order valence-electron chi connectivity index (χ3n) is 5.70. The summed E-state index contributed by atoms with van der Waals surface area (Å²) in [5.41, 5.74) is 3.06. The van der Waals surface area contributed by atoms with Crippen molar-refractivity contribution in [2.45, 2.75) is 32.2 Å². The summed E-state index contributed by atoms with van der Waals surface area (Å²) in [5, 5.41) is 0.752. The summed E-state index contributed by atoms with van der Waals surface area (Å²) in [4.78, 5) is 29.8. The first-order chi connectivity index (χ1) is 14.0. The average Bonchev–Trinajstić information content (AvgIpc) is 2.72. The van der Waals surface area contributed by atoms with Crippen molar-refractivity contribution in [3.8, 4) is 5.75 Å². The molecule has 0 saturated heterocycles. The van der Waals surface area contributed by atoms with Crippen LogP contribution < -0.4 is 10.3 Å². The van der Waals surface area contributed by atoms with Gasteiger partial charge >= 0.3 is 0 Å². The van der Waals surface area contributed by atoms with E-state index in [-0.39, 0.29) is 23.9 Å². The van der Waals surface area contributed by atoms with Crippen molar-refractivity contribution < 1.29 is 13.9 Å². The largest absolute Gasteiger partial charge is 0.497 e. The van der Waals surface area contributed by atoms with Crippen molar-refractivity contribution in [3.63, 3.8) is 0 Å². The Hall–Kier alpha value is -3.15. The zero-order valence-corrected chi connectivity index (χ0v) is 16.5. The number of hydrogen-bond acceptors (Lipinski definition) is 3. The van der Waals surface area contributed by atoms with E-state index in [0.29, 0.717) is 24.0 Å². The first-order valence-electron chi connectivity index (χ1n) is 9.74. The van der Waals surface area contributed by atoms with Crippen molar-refractivity contribution in [2.24, 2.45) is 0 Å². The van der Waals surface area contributed by atoms with Gasteiger partial charge in [0.2, 0.25) is 5.91 Å². The number of amides is 1. The van der Waals surface area contributed by atoms with Crippen LogP contribution in [0.5, 0.6) is 5.75 Å². The number of carbonyl (C=O) groups excluding carboxylic acids is 1. The summed E-state index contributed by atoms with van der Waals surface area (Å²) >= 11 is 0. The number of ether oxygens (including phenoxy) is 1. The van der Waals surface area contributed by atoms with E-state index in [1.54, 1.807) is 19.2 Å². The number of benzene rings is 2. The van der Waals surface area contributed by atoms with Gasteiger partial charge in [-0.3, -0.25) is 9.59 Å². The quantitative estimate of drug-likeness (QED) is 0.733. The molecule has 150 valence electrons. The van der Waals surface area contributed by atoms with Crippen LogP contribution in [0.2, 0.25) is 0 Å². The molecule has 1 N–H and O–H groups in total. The number of nitrogens with zero attached hydrogens (tertiary/aromatic N) is 1. The van der Waals surface area contributed by atoms with E-state index in [0.717, 1.165) is 23.1 Å². The van der Waals surface area contributed by atoms with Crippen molar-refractivity contribution >= 4 is 16.8 Å². The van der Waals surface area contributed by atoms with Gasteiger partial charge in [-0.1, -0.05) is 6.07 Å². The van der Waals surface area contributed by atoms with Crippen LogP contribution >= 0.6 is 0 Å². The lowest BCUT2D eigenvalue weighted by Crippen LogP contribution is -2.39. The molecule has 1 aliphatic heterocycles. The number of aromatic amines is 1. The van der Waals surface area contributed by atoms with Crippen LogP contribution in [0, 0.1) is 5.82 Å². The molecule has 1 aliphatic rings. The number of nitrogens with one attached hydrogen (secondary N) is 1. The second-order valence-electron chi connectivity index (χ2n) is 7.43. The van der Waals surface area contributed by atoms with Crippen LogP contribution in [0.15, 0.2) is 47.3 Å². The molecule has 2 aromatic carbocycles. The molecule has 1 amide bonds. The molecular formula is C23H23FN2O3. The molecule has 1 atom stereocenters. The second kappa shape index (κ2) is 7.70. The van der Waals surface area contributed by atoms with Gasteiger partial charge in [-0.2, -0.15) is 0 Å². The summed E-state index contributed by atoms with van der Waals surface area (Å²) in [6.07, 6.45) is 1.39. The number of hydrogen-bond donors (Lipinski definition) is 1. The summed E-state index contributed by atoms with van der Waals surface area (Å²) in [6, 6.07) is 12.0. The lowest BCUT2D eigenvalue weighted by Gasteiger charge is -2.35. The third kappa shape index (κ3) is 3.75. The summed E-state index contributed by atoms with van der Waals surface area (Å²) in [6.45, 7) is 2.67. The van der Waals surface area contributed by atoms with Gasteiger partial charge in [0.25, 0.3) is 5.56 Å². The molecule has 2 heterocycles. The van der Waals surface area contributed by atoms with Crippen molar-refractivity contribution in [2.75, 3.05) is 13.7 Å². The average molecular weight is 394 g/mol. The SMILES string of the molecule is COc1ccc2c(c1)CCN(C(=O)CCc1cc3ccc(F)cc3[nH]c1=O)C2C. The maximum Gasteiger partial charge on any atom is 0.251 e. The van der Waals surface area contributed by atoms with Crippen LogP contribution in [0.3, 0.4) is 0 Å². The smallest absolute Gasteiger partial charge is 0.251 e. The van der Waals surface area contributed by atoms with Gasteiger partial charge < -0.3 is 14.6 Å². The minimum atomic E-state index is -0.395. The molecule has 0 spiro atoms. The van der Waals surface area contributed by atoms with Gasteiger partial charge in [0, 0.05) is 18.5 Å². The predicted molar refractivity (Wildman–Crippen MR) is 110 cm³/mol. The molecule has 1 unspecified atom stereocenters. The van der Waals surface area contributed by atoms with Crippen molar-refractivity contribution in [1.29, 1.82) is 0 Å². The molecule has 0 aliphatic carbocycles. The Bertz CT molecular complexity index is 1140. The maximum absolute atomic E-state index is 13.3. The van der Waals surface area contributed by atoms with Gasteiger partial charge in [0.15, 0.2) is 0 Å². The summed E-state index contributed by atoms with van der Waals surface area (Å²) in [7, 11) is 1.65. The highest BCUT2D eigenvalue weighted by atomic mass is 19.1. The van der Waals surface area contributed by atoms with E-state index in [4.69, 9.17) is 4.74 Å². The van der Waals surface area contributed by atoms with Crippen LogP contribution in [0.4, 0.5) is 4.39 Å². The predicted octanol–water partition coefficient (Wildman–Crippen LogP) is 3.75. The fourth-order valence-corrected chi connectivity index (χ4v) is 4.07. The van der Waals surface area contributed by atoms with E-state index in [1.165, 1.54) is 17.7 Å². The minimum absolute atomic E-state index is 0.0185. The Morgan fingerprint density at radius 1 is 1.24 bits per heavy atom. The number of H-pyrrole nitrogens is 1. The Morgan fingerprint density at radius 3 is 2.86 bits per heavy atom. The molecule has 1 aromatic heterocycles. The first-order valence-corrected chi connectivity index (χ1v) is 9.74. The maximum atomic E-state index is 13.3. The Labute approximate surface area is 168 Å². The van der Waals surface area contributed by atoms with Gasteiger partial charge in [-0.05, 0) is 72.7 Å². The van der Waals surface area contributed by atoms with Gasteiger partial charge in [0.05, 0.1) is 18.7 Å². The Morgan fingerprint density at radius 2 is 2.07 bits per heavy atom. The number of aromatic nitrogens is 1. The number of rotatable bonds is 4. The summed E-state index contributed by atoms with van der Waals surface area (Å²) < 4.78 is 18.6. The normalized spacial score (nSPS) is 16.0. The second-order valence-corrected chi connectivity index (χ2v) is 7.43. The minimum Gasteiger partial charge on any atom is -0.497 e. The highest BCUT2D eigenvalue weighted by Gasteiger charge is 2.27.